The number of amides is 1. The van der Waals surface area contributed by atoms with Crippen LogP contribution < -0.4 is 5.32 Å². The van der Waals surface area contributed by atoms with Gasteiger partial charge in [-0.2, -0.15) is 0 Å². The van der Waals surface area contributed by atoms with E-state index in [1.165, 1.54) is 18.4 Å². The molecule has 1 fully saturated rings. The third-order valence-corrected chi connectivity index (χ3v) is 6.95. The monoisotopic (exact) mass is 429 g/mol. The number of thiophene rings is 1. The molecule has 7 heteroatoms. The summed E-state index contributed by atoms with van der Waals surface area (Å²) in [5, 5.41) is 12.8. The summed E-state index contributed by atoms with van der Waals surface area (Å²) in [6, 6.07) is 5.97. The van der Waals surface area contributed by atoms with Crippen LogP contribution in [-0.4, -0.2) is 30.1 Å². The molecular weight excluding hydrogens is 402 g/mol. The molecule has 1 heterocycles. The summed E-state index contributed by atoms with van der Waals surface area (Å²) < 4.78 is 5.02. The minimum Gasteiger partial charge on any atom is -0.481 e. The first kappa shape index (κ1) is 22.0. The fraction of sp³-hybridized carbons (Fsp3) is 0.435. The molecule has 0 bridgehead atoms. The number of carbonyl (C=O) groups is 3. The van der Waals surface area contributed by atoms with Crippen LogP contribution in [0.2, 0.25) is 0 Å². The van der Waals surface area contributed by atoms with Crippen LogP contribution in [0.4, 0.5) is 5.00 Å². The second kappa shape index (κ2) is 9.00. The third kappa shape index (κ3) is 4.26. The summed E-state index contributed by atoms with van der Waals surface area (Å²) in [4.78, 5) is 38.1. The molecule has 6 nitrogen and oxygen atoms in total. The third-order valence-electron chi connectivity index (χ3n) is 5.93. The van der Waals surface area contributed by atoms with Crippen molar-refractivity contribution < 1.29 is 24.2 Å². The summed E-state index contributed by atoms with van der Waals surface area (Å²) in [5.41, 5.74) is 4.19. The van der Waals surface area contributed by atoms with Gasteiger partial charge in [0.2, 0.25) is 5.91 Å². The van der Waals surface area contributed by atoms with Crippen molar-refractivity contribution in [1.82, 2.24) is 0 Å². The van der Waals surface area contributed by atoms with E-state index in [2.05, 4.69) is 5.32 Å². The van der Waals surface area contributed by atoms with Gasteiger partial charge in [-0.1, -0.05) is 31.0 Å². The molecular formula is C23H27NO5S. The molecule has 2 N–H and O–H groups in total. The Kier molecular flexibility index (Phi) is 6.61. The van der Waals surface area contributed by atoms with Gasteiger partial charge in [0.25, 0.3) is 0 Å². The highest BCUT2D eigenvalue weighted by atomic mass is 32.1. The molecule has 0 spiro atoms. The molecule has 30 heavy (non-hydrogen) atoms. The van der Waals surface area contributed by atoms with E-state index in [9.17, 15) is 19.5 Å². The van der Waals surface area contributed by atoms with Gasteiger partial charge in [0.15, 0.2) is 0 Å². The number of methoxy groups -OCH3 is 1. The number of carboxylic acids is 1. The fourth-order valence-electron chi connectivity index (χ4n) is 4.12. The Labute approximate surface area is 180 Å². The number of aliphatic carboxylic acids is 1. The largest absolute Gasteiger partial charge is 0.481 e. The number of rotatable bonds is 5. The van der Waals surface area contributed by atoms with Crippen LogP contribution >= 0.6 is 11.3 Å². The molecule has 0 aliphatic heterocycles. The normalized spacial score (nSPS) is 18.7. The summed E-state index contributed by atoms with van der Waals surface area (Å²) in [7, 11) is 1.31. The molecule has 1 aromatic heterocycles. The standard InChI is InChI=1S/C23H27NO5S/c1-12-9-10-15(11-13(12)2)18-14(3)30-21(19(18)23(28)29-4)24-20(25)16-7-5-6-8-17(16)22(26)27/h9-11,16-17H,5-8H2,1-4H3,(H,24,25)(H,26,27)/t16-,17+/m0/s1. The van der Waals surface area contributed by atoms with Crippen LogP contribution in [0.15, 0.2) is 18.2 Å². The summed E-state index contributed by atoms with van der Waals surface area (Å²) >= 11 is 1.31. The van der Waals surface area contributed by atoms with E-state index in [0.717, 1.165) is 40.0 Å². The van der Waals surface area contributed by atoms with E-state index in [1.807, 2.05) is 39.0 Å². The number of benzene rings is 1. The Hall–Kier alpha value is -2.67. The van der Waals surface area contributed by atoms with Gasteiger partial charge in [0.05, 0.1) is 18.9 Å². The van der Waals surface area contributed by atoms with E-state index < -0.39 is 23.8 Å². The number of carbonyl (C=O) groups excluding carboxylic acids is 2. The maximum absolute atomic E-state index is 13.0. The molecule has 1 aliphatic rings. The summed E-state index contributed by atoms with van der Waals surface area (Å²) in [6.07, 6.45) is 2.66. The second-order valence-electron chi connectivity index (χ2n) is 7.85. The zero-order valence-electron chi connectivity index (χ0n) is 17.7. The molecule has 0 saturated heterocycles. The first-order valence-electron chi connectivity index (χ1n) is 10.1. The lowest BCUT2D eigenvalue weighted by molar-refractivity contribution is -0.147. The van der Waals surface area contributed by atoms with Gasteiger partial charge in [0.1, 0.15) is 10.6 Å². The molecule has 0 radical (unpaired) electrons. The van der Waals surface area contributed by atoms with Crippen molar-refractivity contribution in [2.75, 3.05) is 12.4 Å². The van der Waals surface area contributed by atoms with Crippen molar-refractivity contribution in [3.8, 4) is 11.1 Å². The topological polar surface area (TPSA) is 92.7 Å². The van der Waals surface area contributed by atoms with E-state index in [-0.39, 0.29) is 5.91 Å². The Morgan fingerprint density at radius 3 is 2.33 bits per heavy atom. The lowest BCUT2D eigenvalue weighted by atomic mass is 9.78. The average molecular weight is 430 g/mol. The van der Waals surface area contributed by atoms with Gasteiger partial charge in [-0.15, -0.1) is 11.3 Å². The van der Waals surface area contributed by atoms with Crippen LogP contribution in [0.1, 0.15) is 52.0 Å². The lowest BCUT2D eigenvalue weighted by Crippen LogP contribution is -2.36. The Morgan fingerprint density at radius 1 is 1.07 bits per heavy atom. The summed E-state index contributed by atoms with van der Waals surface area (Å²) in [6.45, 7) is 5.93. The minimum atomic E-state index is -0.943. The first-order chi connectivity index (χ1) is 14.2. The molecule has 1 aromatic carbocycles. The summed E-state index contributed by atoms with van der Waals surface area (Å²) in [5.74, 6) is -3.11. The smallest absolute Gasteiger partial charge is 0.341 e. The lowest BCUT2D eigenvalue weighted by Gasteiger charge is -2.27. The van der Waals surface area contributed by atoms with Crippen LogP contribution in [0.3, 0.4) is 0 Å². The number of hydrogen-bond acceptors (Lipinski definition) is 5. The average Bonchev–Trinajstić information content (AvgIpc) is 3.04. The van der Waals surface area contributed by atoms with E-state index in [1.54, 1.807) is 0 Å². The molecule has 1 saturated carbocycles. The number of hydrogen-bond donors (Lipinski definition) is 2. The molecule has 2 atom stereocenters. The van der Waals surface area contributed by atoms with Crippen molar-refractivity contribution in [3.63, 3.8) is 0 Å². The molecule has 1 aliphatic carbocycles. The Balaban J connectivity index is 2.01. The Bertz CT molecular complexity index is 994. The quantitative estimate of drug-likeness (QED) is 0.656. The second-order valence-corrected chi connectivity index (χ2v) is 9.08. The van der Waals surface area contributed by atoms with Crippen molar-refractivity contribution in [3.05, 3.63) is 39.8 Å². The highest BCUT2D eigenvalue weighted by Crippen LogP contribution is 2.41. The van der Waals surface area contributed by atoms with E-state index in [4.69, 9.17) is 4.74 Å². The predicted octanol–water partition coefficient (Wildman–Crippen LogP) is 4.96. The molecule has 1 amide bonds. The Morgan fingerprint density at radius 2 is 1.73 bits per heavy atom. The number of aryl methyl sites for hydroxylation is 3. The number of nitrogens with one attached hydrogen (secondary N) is 1. The number of anilines is 1. The zero-order chi connectivity index (χ0) is 22.0. The number of esters is 1. The molecule has 0 unspecified atom stereocenters. The highest BCUT2D eigenvalue weighted by Gasteiger charge is 2.36. The van der Waals surface area contributed by atoms with Crippen LogP contribution in [0, 0.1) is 32.6 Å². The maximum atomic E-state index is 13.0. The molecule has 160 valence electrons. The highest BCUT2D eigenvalue weighted by molar-refractivity contribution is 7.17. The fourth-order valence-corrected chi connectivity index (χ4v) is 5.19. The maximum Gasteiger partial charge on any atom is 0.341 e. The van der Waals surface area contributed by atoms with E-state index >= 15 is 0 Å². The van der Waals surface area contributed by atoms with Crippen LogP contribution in [0.5, 0.6) is 0 Å². The van der Waals surface area contributed by atoms with Gasteiger partial charge >= 0.3 is 11.9 Å². The number of ether oxygens (including phenoxy) is 1. The number of carboxylic acid groups (broad SMARTS) is 1. The minimum absolute atomic E-state index is 0.319. The van der Waals surface area contributed by atoms with Crippen molar-refractivity contribution in [1.29, 1.82) is 0 Å². The molecule has 3 rings (SSSR count). The van der Waals surface area contributed by atoms with Crippen LogP contribution in [0.25, 0.3) is 11.1 Å². The van der Waals surface area contributed by atoms with Gasteiger partial charge in [-0.05, 0) is 50.3 Å². The zero-order valence-corrected chi connectivity index (χ0v) is 18.5. The predicted molar refractivity (Wildman–Crippen MR) is 117 cm³/mol. The van der Waals surface area contributed by atoms with Crippen molar-refractivity contribution >= 4 is 34.2 Å². The first-order valence-corrected chi connectivity index (χ1v) is 10.9. The molecule has 2 aromatic rings. The van der Waals surface area contributed by atoms with Gasteiger partial charge in [-0.3, -0.25) is 9.59 Å². The van der Waals surface area contributed by atoms with Gasteiger partial charge in [0, 0.05) is 10.4 Å². The van der Waals surface area contributed by atoms with Crippen molar-refractivity contribution in [2.24, 2.45) is 11.8 Å². The van der Waals surface area contributed by atoms with Crippen LogP contribution in [-0.2, 0) is 14.3 Å². The van der Waals surface area contributed by atoms with E-state index in [0.29, 0.717) is 23.4 Å². The SMILES string of the molecule is COC(=O)c1c(NC(=O)[C@H]2CCCC[C@H]2C(=O)O)sc(C)c1-c1ccc(C)c(C)c1. The van der Waals surface area contributed by atoms with Gasteiger partial charge < -0.3 is 15.2 Å². The van der Waals surface area contributed by atoms with Gasteiger partial charge in [-0.25, -0.2) is 4.79 Å². The van der Waals surface area contributed by atoms with Crippen molar-refractivity contribution in [2.45, 2.75) is 46.5 Å².